The summed E-state index contributed by atoms with van der Waals surface area (Å²) in [5.74, 6) is 2.05. The van der Waals surface area contributed by atoms with Crippen LogP contribution >= 0.6 is 0 Å². The van der Waals surface area contributed by atoms with Crippen LogP contribution in [-0.2, 0) is 4.74 Å². The molecule has 1 aromatic rings. The lowest BCUT2D eigenvalue weighted by atomic mass is 9.80. The van der Waals surface area contributed by atoms with Crippen LogP contribution in [0.25, 0.3) is 0 Å². The highest BCUT2D eigenvalue weighted by molar-refractivity contribution is 5.18. The number of aryl methyl sites for hydroxylation is 1. The maximum absolute atomic E-state index is 5.85. The number of aromatic nitrogens is 2. The molecule has 1 saturated heterocycles. The summed E-state index contributed by atoms with van der Waals surface area (Å²) >= 11 is 0. The molecule has 1 saturated carbocycles. The monoisotopic (exact) mass is 247 g/mol. The molecule has 4 nitrogen and oxygen atoms in total. The SMILES string of the molecule is Cc1cc(C2CCOCC2)nc(C2CC(N)C2)n1. The first kappa shape index (κ1) is 12.1. The van der Waals surface area contributed by atoms with Crippen LogP contribution in [0, 0.1) is 6.92 Å². The summed E-state index contributed by atoms with van der Waals surface area (Å²) in [6.45, 7) is 3.78. The van der Waals surface area contributed by atoms with Gasteiger partial charge in [0.2, 0.25) is 0 Å². The standard InChI is InChI=1S/C14H21N3O/c1-9-6-13(10-2-4-18-5-3-10)17-14(16-9)11-7-12(15)8-11/h6,10-12H,2-5,7-8,15H2,1H3. The first-order valence-corrected chi connectivity index (χ1v) is 6.91. The van der Waals surface area contributed by atoms with E-state index in [1.807, 2.05) is 0 Å². The molecule has 2 aliphatic rings. The van der Waals surface area contributed by atoms with Crippen molar-refractivity contribution in [1.82, 2.24) is 9.97 Å². The maximum atomic E-state index is 5.85. The molecule has 0 aromatic carbocycles. The van der Waals surface area contributed by atoms with Gasteiger partial charge in [0.25, 0.3) is 0 Å². The Morgan fingerprint density at radius 1 is 1.17 bits per heavy atom. The molecule has 1 aliphatic heterocycles. The first-order valence-electron chi connectivity index (χ1n) is 6.91. The number of hydrogen-bond donors (Lipinski definition) is 1. The summed E-state index contributed by atoms with van der Waals surface area (Å²) in [5.41, 5.74) is 8.15. The van der Waals surface area contributed by atoms with E-state index in [0.717, 1.165) is 50.4 Å². The highest BCUT2D eigenvalue weighted by Gasteiger charge is 2.30. The lowest BCUT2D eigenvalue weighted by Crippen LogP contribution is -2.35. The van der Waals surface area contributed by atoms with Crippen molar-refractivity contribution in [3.8, 4) is 0 Å². The van der Waals surface area contributed by atoms with E-state index < -0.39 is 0 Å². The number of ether oxygens (including phenoxy) is 1. The van der Waals surface area contributed by atoms with Gasteiger partial charge in [-0.15, -0.1) is 0 Å². The van der Waals surface area contributed by atoms with Crippen molar-refractivity contribution in [3.05, 3.63) is 23.3 Å². The minimum absolute atomic E-state index is 0.352. The number of nitrogens with two attached hydrogens (primary N) is 1. The topological polar surface area (TPSA) is 61.0 Å². The third-order valence-corrected chi connectivity index (χ3v) is 4.07. The summed E-state index contributed by atoms with van der Waals surface area (Å²) in [7, 11) is 0. The predicted octanol–water partition coefficient (Wildman–Crippen LogP) is 1.88. The molecule has 1 aromatic heterocycles. The zero-order chi connectivity index (χ0) is 12.5. The van der Waals surface area contributed by atoms with E-state index >= 15 is 0 Å². The van der Waals surface area contributed by atoms with E-state index in [1.165, 1.54) is 5.69 Å². The Kier molecular flexibility index (Phi) is 3.31. The van der Waals surface area contributed by atoms with E-state index in [-0.39, 0.29) is 0 Å². The zero-order valence-electron chi connectivity index (χ0n) is 10.9. The summed E-state index contributed by atoms with van der Waals surface area (Å²) in [6.07, 6.45) is 4.24. The van der Waals surface area contributed by atoms with E-state index in [2.05, 4.69) is 18.0 Å². The molecule has 0 spiro atoms. The first-order chi connectivity index (χ1) is 8.72. The maximum Gasteiger partial charge on any atom is 0.132 e. The van der Waals surface area contributed by atoms with Gasteiger partial charge in [-0.25, -0.2) is 9.97 Å². The molecular formula is C14H21N3O. The number of rotatable bonds is 2. The van der Waals surface area contributed by atoms with Crippen LogP contribution in [0.4, 0.5) is 0 Å². The largest absolute Gasteiger partial charge is 0.381 e. The van der Waals surface area contributed by atoms with Gasteiger partial charge in [0.15, 0.2) is 0 Å². The van der Waals surface area contributed by atoms with Gasteiger partial charge in [-0.1, -0.05) is 0 Å². The molecule has 2 N–H and O–H groups in total. The lowest BCUT2D eigenvalue weighted by Gasteiger charge is -2.32. The van der Waals surface area contributed by atoms with Crippen molar-refractivity contribution < 1.29 is 4.74 Å². The van der Waals surface area contributed by atoms with Gasteiger partial charge in [0, 0.05) is 42.5 Å². The second kappa shape index (κ2) is 4.94. The number of nitrogens with zero attached hydrogens (tertiary/aromatic N) is 2. The summed E-state index contributed by atoms with van der Waals surface area (Å²) < 4.78 is 5.42. The average molecular weight is 247 g/mol. The van der Waals surface area contributed by atoms with Gasteiger partial charge in [-0.05, 0) is 38.7 Å². The Morgan fingerprint density at radius 3 is 2.56 bits per heavy atom. The molecule has 0 amide bonds. The second-order valence-corrected chi connectivity index (χ2v) is 5.61. The van der Waals surface area contributed by atoms with Crippen molar-refractivity contribution in [3.63, 3.8) is 0 Å². The van der Waals surface area contributed by atoms with Crippen LogP contribution in [-0.4, -0.2) is 29.2 Å². The smallest absolute Gasteiger partial charge is 0.132 e. The fourth-order valence-corrected chi connectivity index (χ4v) is 2.87. The van der Waals surface area contributed by atoms with Crippen molar-refractivity contribution in [1.29, 1.82) is 0 Å². The quantitative estimate of drug-likeness (QED) is 0.867. The molecule has 18 heavy (non-hydrogen) atoms. The zero-order valence-corrected chi connectivity index (χ0v) is 10.9. The summed E-state index contributed by atoms with van der Waals surface area (Å²) in [5, 5.41) is 0. The second-order valence-electron chi connectivity index (χ2n) is 5.61. The van der Waals surface area contributed by atoms with Gasteiger partial charge in [0.05, 0.1) is 0 Å². The predicted molar refractivity (Wildman–Crippen MR) is 69.5 cm³/mol. The molecule has 4 heteroatoms. The molecule has 3 rings (SSSR count). The molecule has 0 atom stereocenters. The highest BCUT2D eigenvalue weighted by atomic mass is 16.5. The van der Waals surface area contributed by atoms with Crippen LogP contribution in [0.3, 0.4) is 0 Å². The van der Waals surface area contributed by atoms with Crippen molar-refractivity contribution in [2.45, 2.75) is 50.5 Å². The van der Waals surface area contributed by atoms with Crippen molar-refractivity contribution >= 4 is 0 Å². The van der Waals surface area contributed by atoms with Crippen LogP contribution in [0.15, 0.2) is 6.07 Å². The molecule has 2 fully saturated rings. The normalized spacial score (nSPS) is 29.0. The van der Waals surface area contributed by atoms with Crippen molar-refractivity contribution in [2.75, 3.05) is 13.2 Å². The average Bonchev–Trinajstić information content (AvgIpc) is 2.35. The fraction of sp³-hybridized carbons (Fsp3) is 0.714. The molecule has 2 heterocycles. The molecule has 0 radical (unpaired) electrons. The minimum Gasteiger partial charge on any atom is -0.381 e. The van der Waals surface area contributed by atoms with E-state index in [9.17, 15) is 0 Å². The Balaban J connectivity index is 1.81. The Morgan fingerprint density at radius 2 is 1.89 bits per heavy atom. The van der Waals surface area contributed by atoms with Crippen LogP contribution < -0.4 is 5.73 Å². The van der Waals surface area contributed by atoms with Gasteiger partial charge < -0.3 is 10.5 Å². The Labute approximate surface area is 108 Å². The number of hydrogen-bond acceptors (Lipinski definition) is 4. The van der Waals surface area contributed by atoms with E-state index in [1.54, 1.807) is 0 Å². The molecule has 1 aliphatic carbocycles. The minimum atomic E-state index is 0.352. The summed E-state index contributed by atoms with van der Waals surface area (Å²) in [4.78, 5) is 9.38. The lowest BCUT2D eigenvalue weighted by molar-refractivity contribution is 0.0843. The van der Waals surface area contributed by atoms with Gasteiger partial charge in [-0.3, -0.25) is 0 Å². The Hall–Kier alpha value is -1.00. The van der Waals surface area contributed by atoms with Gasteiger partial charge in [0.1, 0.15) is 5.82 Å². The summed E-state index contributed by atoms with van der Waals surface area (Å²) in [6, 6.07) is 2.49. The van der Waals surface area contributed by atoms with Crippen LogP contribution in [0.1, 0.15) is 54.7 Å². The highest BCUT2D eigenvalue weighted by Crippen LogP contribution is 2.35. The van der Waals surface area contributed by atoms with E-state index in [4.69, 9.17) is 15.5 Å². The third-order valence-electron chi connectivity index (χ3n) is 4.07. The van der Waals surface area contributed by atoms with Crippen LogP contribution in [0.2, 0.25) is 0 Å². The Bertz CT molecular complexity index is 423. The van der Waals surface area contributed by atoms with Crippen LogP contribution in [0.5, 0.6) is 0 Å². The van der Waals surface area contributed by atoms with E-state index in [0.29, 0.717) is 17.9 Å². The molecule has 0 unspecified atom stereocenters. The van der Waals surface area contributed by atoms with Gasteiger partial charge in [-0.2, -0.15) is 0 Å². The molecular weight excluding hydrogens is 226 g/mol. The van der Waals surface area contributed by atoms with Crippen molar-refractivity contribution in [2.24, 2.45) is 5.73 Å². The fourth-order valence-electron chi connectivity index (χ4n) is 2.87. The third kappa shape index (κ3) is 2.40. The molecule has 0 bridgehead atoms. The van der Waals surface area contributed by atoms with Gasteiger partial charge >= 0.3 is 0 Å². The molecule has 98 valence electrons.